The van der Waals surface area contributed by atoms with Gasteiger partial charge in [-0.3, -0.25) is 0 Å². The fraction of sp³-hybridized carbons (Fsp3) is 1.00. The van der Waals surface area contributed by atoms with Gasteiger partial charge in [0.2, 0.25) is 0 Å². The lowest BCUT2D eigenvalue weighted by molar-refractivity contribution is 0.0159. The molecule has 0 aromatic heterocycles. The quantitative estimate of drug-likeness (QED) is 0.610. The van der Waals surface area contributed by atoms with Crippen LogP contribution in [-0.4, -0.2) is 18.8 Å². The molecule has 1 saturated heterocycles. The maximum Gasteiger partial charge on any atom is 0.457 e. The number of fused-ring (bicyclic) bond motifs is 1. The van der Waals surface area contributed by atoms with Crippen LogP contribution in [0.15, 0.2) is 0 Å². The minimum absolute atomic E-state index is 0.0562. The van der Waals surface area contributed by atoms with Crippen LogP contribution in [0, 0.1) is 5.92 Å². The van der Waals surface area contributed by atoms with Gasteiger partial charge in [0, 0.05) is 0 Å². The zero-order valence-electron chi connectivity index (χ0n) is 8.88. The van der Waals surface area contributed by atoms with Crippen LogP contribution in [-0.2, 0) is 9.31 Å². The lowest BCUT2D eigenvalue weighted by Crippen LogP contribution is -2.40. The lowest BCUT2D eigenvalue weighted by atomic mass is 9.84. The molecule has 1 heterocycles. The normalized spacial score (nSPS) is 38.8. The molecule has 1 aliphatic carbocycles. The van der Waals surface area contributed by atoms with E-state index in [9.17, 15) is 0 Å². The van der Waals surface area contributed by atoms with Gasteiger partial charge in [-0.1, -0.05) is 20.8 Å². The summed E-state index contributed by atoms with van der Waals surface area (Å²) in [5, 5.41) is 0. The fourth-order valence-corrected chi connectivity index (χ4v) is 2.72. The Morgan fingerprint density at radius 2 is 2.31 bits per heavy atom. The van der Waals surface area contributed by atoms with E-state index in [-0.39, 0.29) is 12.7 Å². The molecule has 2 fully saturated rings. The molecule has 0 aromatic rings. The van der Waals surface area contributed by atoms with Crippen molar-refractivity contribution in [3.63, 3.8) is 0 Å². The third kappa shape index (κ3) is 1.33. The Labute approximate surface area is 81.1 Å². The molecule has 74 valence electrons. The smallest absolute Gasteiger partial charge is 0.405 e. The molecule has 0 amide bonds. The van der Waals surface area contributed by atoms with Gasteiger partial charge >= 0.3 is 7.12 Å². The van der Waals surface area contributed by atoms with E-state index in [2.05, 4.69) is 20.8 Å². The summed E-state index contributed by atoms with van der Waals surface area (Å²) in [6, 6.07) is 0. The molecule has 0 spiro atoms. The Hall–Kier alpha value is -0.0151. The van der Waals surface area contributed by atoms with E-state index in [0.29, 0.717) is 12.0 Å². The Kier molecular flexibility index (Phi) is 2.41. The van der Waals surface area contributed by atoms with E-state index in [1.807, 2.05) is 0 Å². The lowest BCUT2D eigenvalue weighted by Gasteiger charge is -2.32. The first-order chi connectivity index (χ1) is 6.19. The molecule has 0 bridgehead atoms. The molecule has 3 heteroatoms. The van der Waals surface area contributed by atoms with E-state index < -0.39 is 0 Å². The molecule has 2 rings (SSSR count). The first-order valence-electron chi connectivity index (χ1n) is 5.52. The van der Waals surface area contributed by atoms with Gasteiger partial charge in [-0.2, -0.15) is 0 Å². The van der Waals surface area contributed by atoms with Gasteiger partial charge in [0.1, 0.15) is 0 Å². The van der Waals surface area contributed by atoms with Crippen LogP contribution in [0.25, 0.3) is 0 Å². The van der Waals surface area contributed by atoms with Crippen molar-refractivity contribution < 1.29 is 9.31 Å². The van der Waals surface area contributed by atoms with E-state index in [1.165, 1.54) is 19.3 Å². The molecule has 2 nitrogen and oxygen atoms in total. The minimum atomic E-state index is 0.0562. The maximum absolute atomic E-state index is 6.06. The van der Waals surface area contributed by atoms with Crippen molar-refractivity contribution in [1.29, 1.82) is 0 Å². The third-order valence-corrected chi connectivity index (χ3v) is 3.56. The second-order valence-electron chi connectivity index (χ2n) is 4.58. The summed E-state index contributed by atoms with van der Waals surface area (Å²) in [7, 11) is 0.0627. The second kappa shape index (κ2) is 3.28. The number of hydrogen-bond acceptors (Lipinski definition) is 2. The summed E-state index contributed by atoms with van der Waals surface area (Å²) < 4.78 is 11.9. The summed E-state index contributed by atoms with van der Waals surface area (Å²) in [6.45, 7) is 6.62. The van der Waals surface area contributed by atoms with Gasteiger partial charge in [0.25, 0.3) is 0 Å². The maximum atomic E-state index is 6.06. The van der Waals surface area contributed by atoms with Gasteiger partial charge in [0.05, 0.1) is 11.7 Å². The van der Waals surface area contributed by atoms with Crippen LogP contribution >= 0.6 is 0 Å². The number of hydrogen-bond donors (Lipinski definition) is 0. The molecule has 13 heavy (non-hydrogen) atoms. The number of rotatable bonds is 2. The van der Waals surface area contributed by atoms with Crippen molar-refractivity contribution in [2.75, 3.05) is 0 Å². The summed E-state index contributed by atoms with van der Waals surface area (Å²) in [6.07, 6.45) is 4.99. The molecule has 1 saturated carbocycles. The van der Waals surface area contributed by atoms with Gasteiger partial charge in [-0.25, -0.2) is 0 Å². The van der Waals surface area contributed by atoms with Crippen molar-refractivity contribution >= 4 is 7.12 Å². The Balaban J connectivity index is 2.15. The van der Waals surface area contributed by atoms with Crippen molar-refractivity contribution in [3.05, 3.63) is 0 Å². The summed E-state index contributed by atoms with van der Waals surface area (Å²) in [5.74, 6) is 0.580. The standard InChI is InChI=1S/C10H19BO2/c1-4-11-12-9-6-5-7-10(9,13-11)8(2)3/h8-9H,4-7H2,1-3H3/t9-,10-/m0/s1. The van der Waals surface area contributed by atoms with E-state index in [1.54, 1.807) is 0 Å². The second-order valence-corrected chi connectivity index (χ2v) is 4.58. The highest BCUT2D eigenvalue weighted by atomic mass is 16.7. The Bertz CT molecular complexity index is 195. The van der Waals surface area contributed by atoms with Crippen LogP contribution in [0.4, 0.5) is 0 Å². The molecule has 2 atom stereocenters. The molecule has 0 unspecified atom stereocenters. The van der Waals surface area contributed by atoms with E-state index in [4.69, 9.17) is 9.31 Å². The van der Waals surface area contributed by atoms with Crippen LogP contribution in [0.5, 0.6) is 0 Å². The van der Waals surface area contributed by atoms with Crippen LogP contribution in [0.3, 0.4) is 0 Å². The van der Waals surface area contributed by atoms with E-state index >= 15 is 0 Å². The van der Waals surface area contributed by atoms with Gasteiger partial charge in [-0.05, 0) is 31.5 Å². The van der Waals surface area contributed by atoms with Crippen molar-refractivity contribution in [1.82, 2.24) is 0 Å². The highest BCUT2D eigenvalue weighted by Gasteiger charge is 2.54. The largest absolute Gasteiger partial charge is 0.457 e. The van der Waals surface area contributed by atoms with Gasteiger partial charge in [0.15, 0.2) is 0 Å². The first-order valence-corrected chi connectivity index (χ1v) is 5.52. The predicted octanol–water partition coefficient (Wildman–Crippen LogP) is 2.49. The summed E-state index contributed by atoms with van der Waals surface area (Å²) in [5.41, 5.74) is 0.0562. The minimum Gasteiger partial charge on any atom is -0.405 e. The SMILES string of the molecule is CCB1O[C@H]2CCC[C@@]2(C(C)C)O1. The molecular formula is C10H19BO2. The average Bonchev–Trinajstić information content (AvgIpc) is 2.58. The Morgan fingerprint density at radius 3 is 2.85 bits per heavy atom. The monoisotopic (exact) mass is 182 g/mol. The van der Waals surface area contributed by atoms with Gasteiger partial charge < -0.3 is 9.31 Å². The van der Waals surface area contributed by atoms with Crippen LogP contribution in [0.1, 0.15) is 40.0 Å². The third-order valence-electron chi connectivity index (χ3n) is 3.56. The first kappa shape index (κ1) is 9.54. The summed E-state index contributed by atoms with van der Waals surface area (Å²) in [4.78, 5) is 0. The molecule has 0 aromatic carbocycles. The predicted molar refractivity (Wildman–Crippen MR) is 53.6 cm³/mol. The van der Waals surface area contributed by atoms with Crippen LogP contribution in [0.2, 0.25) is 6.32 Å². The molecule has 0 radical (unpaired) electrons. The van der Waals surface area contributed by atoms with Crippen molar-refractivity contribution in [3.8, 4) is 0 Å². The van der Waals surface area contributed by atoms with Crippen molar-refractivity contribution in [2.45, 2.75) is 58.1 Å². The topological polar surface area (TPSA) is 18.5 Å². The average molecular weight is 182 g/mol. The molecule has 1 aliphatic heterocycles. The van der Waals surface area contributed by atoms with Crippen LogP contribution < -0.4 is 0 Å². The van der Waals surface area contributed by atoms with Crippen molar-refractivity contribution in [2.24, 2.45) is 5.92 Å². The zero-order valence-corrected chi connectivity index (χ0v) is 8.88. The Morgan fingerprint density at radius 1 is 1.54 bits per heavy atom. The molecule has 2 aliphatic rings. The van der Waals surface area contributed by atoms with Gasteiger partial charge in [-0.15, -0.1) is 0 Å². The zero-order chi connectivity index (χ0) is 9.47. The fourth-order valence-electron chi connectivity index (χ4n) is 2.72. The summed E-state index contributed by atoms with van der Waals surface area (Å²) >= 11 is 0. The molecular weight excluding hydrogens is 163 g/mol. The molecule has 0 N–H and O–H groups in total. The highest BCUT2D eigenvalue weighted by molar-refractivity contribution is 6.45. The highest BCUT2D eigenvalue weighted by Crippen LogP contribution is 2.46. The van der Waals surface area contributed by atoms with E-state index in [0.717, 1.165) is 6.32 Å².